The van der Waals surface area contributed by atoms with Gasteiger partial charge >= 0.3 is 0 Å². The molecule has 21 heavy (non-hydrogen) atoms. The molecule has 1 aromatic carbocycles. The predicted molar refractivity (Wildman–Crippen MR) is 79.5 cm³/mol. The lowest BCUT2D eigenvalue weighted by Gasteiger charge is -2.16. The molecule has 0 radical (unpaired) electrons. The summed E-state index contributed by atoms with van der Waals surface area (Å²) >= 11 is 3.33. The molecule has 2 aromatic rings. The van der Waals surface area contributed by atoms with Gasteiger partial charge in [-0.05, 0) is 52.5 Å². The van der Waals surface area contributed by atoms with E-state index < -0.39 is 17.0 Å². The van der Waals surface area contributed by atoms with Gasteiger partial charge in [0.1, 0.15) is 0 Å². The Kier molecular flexibility index (Phi) is 3.41. The van der Waals surface area contributed by atoms with Crippen molar-refractivity contribution in [2.24, 2.45) is 0 Å². The molecule has 108 valence electrons. The standard InChI is InChI=1S/C15H12BrFN2O2/c16-10-6-9(7-18-8-10)15(4-5-15)14(21)19-11-2-1-3-12(20)13(11)17/h1-3,6-8,20H,4-5H2,(H,19,21). The first-order valence-corrected chi connectivity index (χ1v) is 7.22. The van der Waals surface area contributed by atoms with Crippen LogP contribution >= 0.6 is 15.9 Å². The quantitative estimate of drug-likeness (QED) is 0.892. The summed E-state index contributed by atoms with van der Waals surface area (Å²) in [5.74, 6) is -1.59. The van der Waals surface area contributed by atoms with E-state index in [-0.39, 0.29) is 11.6 Å². The molecule has 1 amide bonds. The van der Waals surface area contributed by atoms with Crippen LogP contribution in [0.1, 0.15) is 18.4 Å². The van der Waals surface area contributed by atoms with Gasteiger partial charge in [-0.1, -0.05) is 6.07 Å². The van der Waals surface area contributed by atoms with Crippen molar-refractivity contribution in [3.05, 3.63) is 52.5 Å². The Labute approximate surface area is 129 Å². The van der Waals surface area contributed by atoms with E-state index in [2.05, 4.69) is 26.2 Å². The topological polar surface area (TPSA) is 62.2 Å². The molecular formula is C15H12BrFN2O2. The summed E-state index contributed by atoms with van der Waals surface area (Å²) in [4.78, 5) is 16.5. The number of halogens is 2. The second-order valence-electron chi connectivity index (χ2n) is 5.07. The lowest BCUT2D eigenvalue weighted by atomic mass is 9.96. The highest BCUT2D eigenvalue weighted by Crippen LogP contribution is 2.49. The van der Waals surface area contributed by atoms with Crippen LogP contribution in [0.15, 0.2) is 41.1 Å². The Balaban J connectivity index is 1.87. The number of carbonyl (C=O) groups excluding carboxylic acids is 1. The lowest BCUT2D eigenvalue weighted by molar-refractivity contribution is -0.118. The molecule has 1 aliphatic carbocycles. The van der Waals surface area contributed by atoms with Gasteiger partial charge in [0.2, 0.25) is 5.91 Å². The third kappa shape index (κ3) is 2.51. The number of nitrogens with zero attached hydrogens (tertiary/aromatic N) is 1. The molecule has 1 fully saturated rings. The van der Waals surface area contributed by atoms with Crippen LogP contribution in [0.5, 0.6) is 5.75 Å². The number of aromatic hydroxyl groups is 1. The van der Waals surface area contributed by atoms with Crippen LogP contribution in [0.25, 0.3) is 0 Å². The highest BCUT2D eigenvalue weighted by atomic mass is 79.9. The van der Waals surface area contributed by atoms with Crippen LogP contribution in [0.2, 0.25) is 0 Å². The number of phenols is 1. The Hall–Kier alpha value is -1.95. The number of hydrogen-bond acceptors (Lipinski definition) is 3. The number of benzene rings is 1. The molecule has 0 aliphatic heterocycles. The number of hydrogen-bond donors (Lipinski definition) is 2. The average molecular weight is 351 g/mol. The summed E-state index contributed by atoms with van der Waals surface area (Å²) in [5.41, 5.74) is 0.124. The van der Waals surface area contributed by atoms with Crippen molar-refractivity contribution >= 4 is 27.5 Å². The van der Waals surface area contributed by atoms with Gasteiger partial charge in [0.05, 0.1) is 11.1 Å². The van der Waals surface area contributed by atoms with Crippen molar-refractivity contribution in [2.45, 2.75) is 18.3 Å². The van der Waals surface area contributed by atoms with Crippen LogP contribution in [0, 0.1) is 5.82 Å². The minimum Gasteiger partial charge on any atom is -0.505 e. The second kappa shape index (κ2) is 5.11. The summed E-state index contributed by atoms with van der Waals surface area (Å²) in [6.07, 6.45) is 4.68. The van der Waals surface area contributed by atoms with Crippen molar-refractivity contribution in [3.8, 4) is 5.75 Å². The van der Waals surface area contributed by atoms with Gasteiger partial charge in [-0.3, -0.25) is 9.78 Å². The first kappa shape index (κ1) is 14.0. The molecule has 1 aromatic heterocycles. The van der Waals surface area contributed by atoms with Gasteiger partial charge in [0, 0.05) is 16.9 Å². The molecule has 6 heteroatoms. The summed E-state index contributed by atoms with van der Waals surface area (Å²) in [6, 6.07) is 5.98. The Morgan fingerprint density at radius 1 is 1.38 bits per heavy atom. The summed E-state index contributed by atoms with van der Waals surface area (Å²) in [6.45, 7) is 0. The molecule has 1 heterocycles. The molecular weight excluding hydrogens is 339 g/mol. The van der Waals surface area contributed by atoms with Gasteiger partial charge in [0.15, 0.2) is 11.6 Å². The summed E-state index contributed by atoms with van der Waals surface area (Å²) in [7, 11) is 0. The Bertz CT molecular complexity index is 717. The highest BCUT2D eigenvalue weighted by molar-refractivity contribution is 9.10. The van der Waals surface area contributed by atoms with Gasteiger partial charge in [0.25, 0.3) is 0 Å². The molecule has 0 unspecified atom stereocenters. The summed E-state index contributed by atoms with van der Waals surface area (Å²) in [5, 5.41) is 11.9. The second-order valence-corrected chi connectivity index (χ2v) is 5.98. The van der Waals surface area contributed by atoms with Crippen LogP contribution in [-0.4, -0.2) is 16.0 Å². The van der Waals surface area contributed by atoms with Crippen LogP contribution < -0.4 is 5.32 Å². The van der Waals surface area contributed by atoms with Crippen molar-refractivity contribution in [1.82, 2.24) is 4.98 Å². The fraction of sp³-hybridized carbons (Fsp3) is 0.200. The number of pyridine rings is 1. The molecule has 0 saturated heterocycles. The van der Waals surface area contributed by atoms with Gasteiger partial charge < -0.3 is 10.4 Å². The van der Waals surface area contributed by atoms with Gasteiger partial charge in [-0.2, -0.15) is 0 Å². The van der Waals surface area contributed by atoms with Gasteiger partial charge in [-0.25, -0.2) is 4.39 Å². The van der Waals surface area contributed by atoms with E-state index in [0.29, 0.717) is 12.8 Å². The van der Waals surface area contributed by atoms with E-state index in [1.54, 1.807) is 12.4 Å². The Morgan fingerprint density at radius 3 is 2.81 bits per heavy atom. The number of carbonyl (C=O) groups is 1. The molecule has 0 atom stereocenters. The predicted octanol–water partition coefficient (Wildman–Crippen LogP) is 3.36. The number of phenolic OH excluding ortho intramolecular Hbond substituents is 1. The monoisotopic (exact) mass is 350 g/mol. The van der Waals surface area contributed by atoms with Crippen LogP contribution in [0.3, 0.4) is 0 Å². The van der Waals surface area contributed by atoms with Crippen molar-refractivity contribution in [1.29, 1.82) is 0 Å². The number of nitrogens with one attached hydrogen (secondary N) is 1. The molecule has 2 N–H and O–H groups in total. The smallest absolute Gasteiger partial charge is 0.235 e. The van der Waals surface area contributed by atoms with E-state index in [1.807, 2.05) is 6.07 Å². The zero-order valence-corrected chi connectivity index (χ0v) is 12.5. The maximum atomic E-state index is 13.8. The fourth-order valence-corrected chi connectivity index (χ4v) is 2.67. The van der Waals surface area contributed by atoms with E-state index in [9.17, 15) is 14.3 Å². The Morgan fingerprint density at radius 2 is 2.14 bits per heavy atom. The summed E-state index contributed by atoms with van der Waals surface area (Å²) < 4.78 is 14.5. The molecule has 1 saturated carbocycles. The van der Waals surface area contributed by atoms with E-state index in [4.69, 9.17) is 0 Å². The zero-order chi connectivity index (χ0) is 15.0. The molecule has 0 bridgehead atoms. The number of aromatic nitrogens is 1. The van der Waals surface area contributed by atoms with Gasteiger partial charge in [-0.15, -0.1) is 0 Å². The maximum absolute atomic E-state index is 13.8. The highest BCUT2D eigenvalue weighted by Gasteiger charge is 2.51. The third-order valence-corrected chi connectivity index (χ3v) is 4.10. The fourth-order valence-electron chi connectivity index (χ4n) is 2.30. The van der Waals surface area contributed by atoms with Crippen molar-refractivity contribution in [2.75, 3.05) is 5.32 Å². The third-order valence-electron chi connectivity index (χ3n) is 3.67. The van der Waals surface area contributed by atoms with E-state index in [0.717, 1.165) is 10.0 Å². The maximum Gasteiger partial charge on any atom is 0.235 e. The first-order valence-electron chi connectivity index (χ1n) is 6.43. The van der Waals surface area contributed by atoms with Crippen LogP contribution in [0.4, 0.5) is 10.1 Å². The lowest BCUT2D eigenvalue weighted by Crippen LogP contribution is -2.28. The SMILES string of the molecule is O=C(Nc1cccc(O)c1F)C1(c2cncc(Br)c2)CC1. The zero-order valence-electron chi connectivity index (χ0n) is 10.9. The van der Waals surface area contributed by atoms with E-state index in [1.165, 1.54) is 18.2 Å². The van der Waals surface area contributed by atoms with E-state index >= 15 is 0 Å². The molecule has 0 spiro atoms. The van der Waals surface area contributed by atoms with Crippen molar-refractivity contribution < 1.29 is 14.3 Å². The molecule has 3 rings (SSSR count). The largest absolute Gasteiger partial charge is 0.505 e. The first-order chi connectivity index (χ1) is 10.0. The minimum absolute atomic E-state index is 0.0192. The average Bonchev–Trinajstić information content (AvgIpc) is 3.25. The van der Waals surface area contributed by atoms with Crippen molar-refractivity contribution in [3.63, 3.8) is 0 Å². The van der Waals surface area contributed by atoms with Crippen LogP contribution in [-0.2, 0) is 10.2 Å². The molecule has 1 aliphatic rings. The number of rotatable bonds is 3. The minimum atomic E-state index is -0.825. The number of amides is 1. The number of anilines is 1. The normalized spacial score (nSPS) is 15.5. The molecule has 4 nitrogen and oxygen atoms in total.